The largest absolute Gasteiger partial charge is 0.354 e. The molecule has 0 radical (unpaired) electrons. The molecule has 1 atom stereocenters. The van der Waals surface area contributed by atoms with Crippen molar-refractivity contribution in [3.05, 3.63) is 17.5 Å². The van der Waals surface area contributed by atoms with Crippen molar-refractivity contribution in [1.29, 1.82) is 0 Å². The Bertz CT molecular complexity index is 628. The lowest BCUT2D eigenvalue weighted by Gasteiger charge is -2.32. The highest BCUT2D eigenvalue weighted by molar-refractivity contribution is 5.76. The Morgan fingerprint density at radius 2 is 1.69 bits per heavy atom. The maximum Gasteiger partial charge on any atom is 0.225 e. The van der Waals surface area contributed by atoms with Crippen LogP contribution in [0.3, 0.4) is 0 Å². The van der Waals surface area contributed by atoms with E-state index < -0.39 is 0 Å². The fourth-order valence-corrected chi connectivity index (χ4v) is 4.59. The zero-order chi connectivity index (χ0) is 20.6. The van der Waals surface area contributed by atoms with Crippen molar-refractivity contribution >= 4 is 11.9 Å². The molecule has 2 aliphatic rings. The second kappa shape index (κ2) is 10.9. The number of nitrogens with one attached hydrogen (secondary N) is 1. The molecule has 162 valence electrons. The maximum atomic E-state index is 12.5. The molecule has 6 heteroatoms. The summed E-state index contributed by atoms with van der Waals surface area (Å²) < 4.78 is 0. The number of aromatic nitrogens is 2. The van der Waals surface area contributed by atoms with Gasteiger partial charge in [0.25, 0.3) is 0 Å². The first kappa shape index (κ1) is 22.0. The molecule has 1 aromatic rings. The third-order valence-corrected chi connectivity index (χ3v) is 6.33. The van der Waals surface area contributed by atoms with Crippen LogP contribution in [-0.2, 0) is 4.79 Å². The topological polar surface area (TPSA) is 61.4 Å². The van der Waals surface area contributed by atoms with E-state index in [1.54, 1.807) is 0 Å². The van der Waals surface area contributed by atoms with Gasteiger partial charge in [-0.25, -0.2) is 9.97 Å². The van der Waals surface area contributed by atoms with Gasteiger partial charge in [0.05, 0.1) is 0 Å². The molecular formula is C23H39N5O. The molecule has 0 saturated carbocycles. The van der Waals surface area contributed by atoms with E-state index in [9.17, 15) is 4.79 Å². The molecule has 1 aromatic heterocycles. The van der Waals surface area contributed by atoms with E-state index >= 15 is 0 Å². The normalized spacial score (nSPS) is 20.3. The van der Waals surface area contributed by atoms with Gasteiger partial charge >= 0.3 is 0 Å². The lowest BCUT2D eigenvalue weighted by molar-refractivity contribution is -0.122. The third kappa shape index (κ3) is 7.25. The summed E-state index contributed by atoms with van der Waals surface area (Å²) in [6.07, 6.45) is 9.16. The van der Waals surface area contributed by atoms with Crippen molar-refractivity contribution in [1.82, 2.24) is 20.2 Å². The van der Waals surface area contributed by atoms with Crippen LogP contribution in [0, 0.1) is 19.8 Å². The van der Waals surface area contributed by atoms with Gasteiger partial charge in [-0.05, 0) is 77.9 Å². The minimum absolute atomic E-state index is 0.217. The minimum atomic E-state index is 0.217. The fourth-order valence-electron chi connectivity index (χ4n) is 4.59. The SMILES string of the molecule is Cc1cc(C)nc(N2CCC(CC(=O)N[C@H](C)CCN3CCCCCC3)CC2)n1. The van der Waals surface area contributed by atoms with Crippen molar-refractivity contribution in [3.8, 4) is 0 Å². The fraction of sp³-hybridized carbons (Fsp3) is 0.783. The van der Waals surface area contributed by atoms with Gasteiger partial charge in [0.2, 0.25) is 11.9 Å². The first-order valence-corrected chi connectivity index (χ1v) is 11.6. The number of piperidine rings is 1. The Labute approximate surface area is 176 Å². The van der Waals surface area contributed by atoms with Crippen molar-refractivity contribution in [2.75, 3.05) is 37.6 Å². The number of likely N-dealkylation sites (tertiary alicyclic amines) is 1. The Balaban J connectivity index is 1.35. The number of rotatable bonds is 7. The van der Waals surface area contributed by atoms with Crippen LogP contribution in [0.4, 0.5) is 5.95 Å². The third-order valence-electron chi connectivity index (χ3n) is 6.33. The molecule has 1 amide bonds. The van der Waals surface area contributed by atoms with E-state index in [2.05, 4.69) is 32.0 Å². The van der Waals surface area contributed by atoms with Gasteiger partial charge in [0, 0.05) is 43.5 Å². The molecule has 3 heterocycles. The average molecular weight is 402 g/mol. The highest BCUT2D eigenvalue weighted by atomic mass is 16.1. The van der Waals surface area contributed by atoms with Gasteiger partial charge in [0.15, 0.2) is 0 Å². The lowest BCUT2D eigenvalue weighted by atomic mass is 9.93. The summed E-state index contributed by atoms with van der Waals surface area (Å²) in [6.45, 7) is 11.6. The van der Waals surface area contributed by atoms with Crippen LogP contribution in [0.2, 0.25) is 0 Å². The Hall–Kier alpha value is -1.69. The summed E-state index contributed by atoms with van der Waals surface area (Å²) >= 11 is 0. The number of anilines is 1. The molecule has 1 N–H and O–H groups in total. The van der Waals surface area contributed by atoms with E-state index in [0.29, 0.717) is 12.3 Å². The molecule has 0 aliphatic carbocycles. The molecule has 3 rings (SSSR count). The summed E-state index contributed by atoms with van der Waals surface area (Å²) in [5, 5.41) is 3.24. The highest BCUT2D eigenvalue weighted by Gasteiger charge is 2.24. The van der Waals surface area contributed by atoms with Crippen LogP contribution in [0.15, 0.2) is 6.07 Å². The maximum absolute atomic E-state index is 12.5. The quantitative estimate of drug-likeness (QED) is 0.758. The van der Waals surface area contributed by atoms with Crippen LogP contribution in [0.25, 0.3) is 0 Å². The number of carbonyl (C=O) groups is 1. The number of nitrogens with zero attached hydrogens (tertiary/aromatic N) is 4. The number of aryl methyl sites for hydroxylation is 2. The zero-order valence-electron chi connectivity index (χ0n) is 18.6. The molecule has 0 unspecified atom stereocenters. The van der Waals surface area contributed by atoms with Crippen LogP contribution in [0.1, 0.15) is 69.7 Å². The standard InChI is InChI=1S/C23H39N5O/c1-18(8-13-27-11-6-4-5-7-12-27)24-22(29)17-21-9-14-28(15-10-21)23-25-19(2)16-20(3)26-23/h16,18,21H,4-15,17H2,1-3H3,(H,24,29)/t18-/m1/s1. The summed E-state index contributed by atoms with van der Waals surface area (Å²) in [5.41, 5.74) is 2.03. The van der Waals surface area contributed by atoms with Gasteiger partial charge < -0.3 is 15.1 Å². The predicted molar refractivity (Wildman–Crippen MR) is 118 cm³/mol. The molecule has 0 bridgehead atoms. The highest BCUT2D eigenvalue weighted by Crippen LogP contribution is 2.23. The molecule has 2 aliphatic heterocycles. The van der Waals surface area contributed by atoms with Crippen LogP contribution in [-0.4, -0.2) is 59.5 Å². The number of carbonyl (C=O) groups excluding carboxylic acids is 1. The monoisotopic (exact) mass is 401 g/mol. The van der Waals surface area contributed by atoms with Gasteiger partial charge in [-0.2, -0.15) is 0 Å². The number of hydrogen-bond acceptors (Lipinski definition) is 5. The van der Waals surface area contributed by atoms with Gasteiger partial charge in [-0.1, -0.05) is 12.8 Å². The van der Waals surface area contributed by atoms with Gasteiger partial charge in [0.1, 0.15) is 0 Å². The van der Waals surface area contributed by atoms with Crippen LogP contribution in [0.5, 0.6) is 0 Å². The number of amides is 1. The lowest BCUT2D eigenvalue weighted by Crippen LogP contribution is -2.39. The van der Waals surface area contributed by atoms with Gasteiger partial charge in [-0.3, -0.25) is 4.79 Å². The predicted octanol–water partition coefficient (Wildman–Crippen LogP) is 3.47. The first-order chi connectivity index (χ1) is 14.0. The summed E-state index contributed by atoms with van der Waals surface area (Å²) in [4.78, 5) is 26.5. The summed E-state index contributed by atoms with van der Waals surface area (Å²) in [5.74, 6) is 1.52. The van der Waals surface area contributed by atoms with Crippen molar-refractivity contribution in [2.45, 2.75) is 78.2 Å². The molecule has 2 saturated heterocycles. The van der Waals surface area contributed by atoms with Crippen molar-refractivity contribution in [2.24, 2.45) is 5.92 Å². The molecule has 2 fully saturated rings. The minimum Gasteiger partial charge on any atom is -0.354 e. The molecule has 29 heavy (non-hydrogen) atoms. The smallest absolute Gasteiger partial charge is 0.225 e. The Kier molecular flexibility index (Phi) is 8.28. The van der Waals surface area contributed by atoms with E-state index in [1.165, 1.54) is 38.8 Å². The van der Waals surface area contributed by atoms with Crippen LogP contribution < -0.4 is 10.2 Å². The van der Waals surface area contributed by atoms with E-state index in [-0.39, 0.29) is 11.9 Å². The van der Waals surface area contributed by atoms with Crippen molar-refractivity contribution < 1.29 is 4.79 Å². The second-order valence-electron chi connectivity index (χ2n) is 9.10. The Morgan fingerprint density at radius 1 is 1.07 bits per heavy atom. The van der Waals surface area contributed by atoms with E-state index in [4.69, 9.17) is 0 Å². The molecular weight excluding hydrogens is 362 g/mol. The van der Waals surface area contributed by atoms with Crippen molar-refractivity contribution in [3.63, 3.8) is 0 Å². The zero-order valence-corrected chi connectivity index (χ0v) is 18.6. The molecule has 6 nitrogen and oxygen atoms in total. The summed E-state index contributed by atoms with van der Waals surface area (Å²) in [7, 11) is 0. The van der Waals surface area contributed by atoms with E-state index in [0.717, 1.165) is 56.2 Å². The average Bonchev–Trinajstić information content (AvgIpc) is 2.95. The Morgan fingerprint density at radius 3 is 2.31 bits per heavy atom. The number of hydrogen-bond donors (Lipinski definition) is 1. The van der Waals surface area contributed by atoms with Gasteiger partial charge in [-0.15, -0.1) is 0 Å². The molecule has 0 aromatic carbocycles. The van der Waals surface area contributed by atoms with Crippen LogP contribution >= 0.6 is 0 Å². The second-order valence-corrected chi connectivity index (χ2v) is 9.10. The summed E-state index contributed by atoms with van der Waals surface area (Å²) in [6, 6.07) is 2.27. The van der Waals surface area contributed by atoms with E-state index in [1.807, 2.05) is 19.9 Å². The first-order valence-electron chi connectivity index (χ1n) is 11.6. The molecule has 0 spiro atoms.